The van der Waals surface area contributed by atoms with E-state index in [0.717, 1.165) is 38.0 Å². The minimum absolute atomic E-state index is 0.214. The molecule has 1 saturated carbocycles. The molecule has 1 aliphatic heterocycles. The number of likely N-dealkylation sites (tertiary alicyclic amines) is 1. The number of aliphatic hydroxyl groups is 1. The van der Waals surface area contributed by atoms with Crippen molar-refractivity contribution in [2.45, 2.75) is 31.6 Å². The van der Waals surface area contributed by atoms with E-state index in [1.807, 2.05) is 48.8 Å². The van der Waals surface area contributed by atoms with Crippen LogP contribution in [0, 0.1) is 11.8 Å². The van der Waals surface area contributed by atoms with Crippen molar-refractivity contribution in [2.24, 2.45) is 11.8 Å². The van der Waals surface area contributed by atoms with Gasteiger partial charge in [0.25, 0.3) is 0 Å². The maximum atomic E-state index is 10.7. The molecule has 2 fully saturated rings. The highest BCUT2D eigenvalue weighted by atomic mass is 16.5. The zero-order valence-corrected chi connectivity index (χ0v) is 17.6. The van der Waals surface area contributed by atoms with Crippen LogP contribution in [-0.2, 0) is 6.54 Å². The number of nitrogens with zero attached hydrogens (tertiary/aromatic N) is 3. The second-order valence-electron chi connectivity index (χ2n) is 8.45. The van der Waals surface area contributed by atoms with Crippen molar-refractivity contribution < 1.29 is 19.0 Å². The largest absolute Gasteiger partial charge is 0.493 e. The van der Waals surface area contributed by atoms with Crippen LogP contribution >= 0.6 is 0 Å². The lowest BCUT2D eigenvalue weighted by atomic mass is 9.78. The highest BCUT2D eigenvalue weighted by Gasteiger charge is 2.42. The van der Waals surface area contributed by atoms with Crippen LogP contribution < -0.4 is 9.47 Å². The van der Waals surface area contributed by atoms with Crippen LogP contribution in [0.4, 0.5) is 0 Å². The number of fused-ring (bicyclic) bond motifs is 1. The molecule has 0 bridgehead atoms. The van der Waals surface area contributed by atoms with Gasteiger partial charge in [-0.05, 0) is 48.9 Å². The Hall–Kier alpha value is -2.90. The zero-order chi connectivity index (χ0) is 21.2. The van der Waals surface area contributed by atoms with Gasteiger partial charge in [0, 0.05) is 37.6 Å². The number of furan rings is 1. The van der Waals surface area contributed by atoms with Crippen molar-refractivity contribution in [1.82, 2.24) is 14.9 Å². The molecule has 0 spiro atoms. The summed E-state index contributed by atoms with van der Waals surface area (Å²) >= 11 is 0. The summed E-state index contributed by atoms with van der Waals surface area (Å²) in [6.45, 7) is 2.77. The Morgan fingerprint density at radius 1 is 1.03 bits per heavy atom. The molecule has 1 aromatic carbocycles. The first kappa shape index (κ1) is 20.0. The average Bonchev–Trinajstić information content (AvgIpc) is 3.45. The molecular weight excluding hydrogens is 394 g/mol. The van der Waals surface area contributed by atoms with E-state index in [4.69, 9.17) is 13.9 Å². The van der Waals surface area contributed by atoms with E-state index in [2.05, 4.69) is 14.9 Å². The number of aliphatic hydroxyl groups excluding tert-OH is 1. The molecule has 5 rings (SSSR count). The molecule has 3 aromatic rings. The molecule has 0 radical (unpaired) electrons. The van der Waals surface area contributed by atoms with Crippen molar-refractivity contribution in [3.63, 3.8) is 0 Å². The molecule has 1 N–H and O–H groups in total. The molecule has 0 unspecified atom stereocenters. The topological polar surface area (TPSA) is 80.9 Å². The maximum Gasteiger partial charge on any atom is 0.195 e. The first-order chi connectivity index (χ1) is 15.2. The van der Waals surface area contributed by atoms with Gasteiger partial charge in [0.05, 0.1) is 19.5 Å². The van der Waals surface area contributed by atoms with E-state index in [1.54, 1.807) is 13.4 Å². The summed E-state index contributed by atoms with van der Waals surface area (Å²) in [4.78, 5) is 11.3. The summed E-state index contributed by atoms with van der Waals surface area (Å²) in [7, 11) is 1.63. The van der Waals surface area contributed by atoms with Gasteiger partial charge in [-0.1, -0.05) is 12.1 Å². The van der Waals surface area contributed by atoms with Crippen molar-refractivity contribution in [3.8, 4) is 23.1 Å². The Bertz CT molecular complexity index is 992. The number of aromatic nitrogens is 2. The minimum Gasteiger partial charge on any atom is -0.493 e. The second-order valence-corrected chi connectivity index (χ2v) is 8.45. The van der Waals surface area contributed by atoms with Crippen LogP contribution in [0.15, 0.2) is 59.5 Å². The van der Waals surface area contributed by atoms with E-state index >= 15 is 0 Å². The second kappa shape index (κ2) is 8.69. The van der Waals surface area contributed by atoms with Crippen molar-refractivity contribution in [2.75, 3.05) is 20.2 Å². The Labute approximate surface area is 181 Å². The van der Waals surface area contributed by atoms with Gasteiger partial charge >= 0.3 is 0 Å². The first-order valence-electron chi connectivity index (χ1n) is 10.7. The lowest BCUT2D eigenvalue weighted by molar-refractivity contribution is -0.0240. The summed E-state index contributed by atoms with van der Waals surface area (Å²) in [5.74, 6) is 3.65. The smallest absolute Gasteiger partial charge is 0.195 e. The molecule has 1 saturated heterocycles. The van der Waals surface area contributed by atoms with Crippen molar-refractivity contribution in [1.29, 1.82) is 0 Å². The number of para-hydroxylation sites is 2. The molecule has 7 nitrogen and oxygen atoms in total. The highest BCUT2D eigenvalue weighted by Crippen LogP contribution is 2.39. The molecule has 0 amide bonds. The number of benzene rings is 1. The molecule has 3 heterocycles. The zero-order valence-electron chi connectivity index (χ0n) is 17.6. The van der Waals surface area contributed by atoms with Gasteiger partial charge in [0.2, 0.25) is 0 Å². The van der Waals surface area contributed by atoms with Gasteiger partial charge in [-0.3, -0.25) is 4.90 Å². The Balaban J connectivity index is 1.20. The van der Waals surface area contributed by atoms with E-state index < -0.39 is 6.10 Å². The summed E-state index contributed by atoms with van der Waals surface area (Å²) in [6, 6.07) is 11.3. The van der Waals surface area contributed by atoms with Crippen molar-refractivity contribution in [3.05, 3.63) is 60.6 Å². The average molecular weight is 421 g/mol. The van der Waals surface area contributed by atoms with Gasteiger partial charge in [0.15, 0.2) is 23.1 Å². The number of ether oxygens (including phenoxy) is 2. The minimum atomic E-state index is -0.470. The van der Waals surface area contributed by atoms with E-state index in [9.17, 15) is 5.11 Å². The fraction of sp³-hybridized carbons (Fsp3) is 0.417. The van der Waals surface area contributed by atoms with E-state index in [-0.39, 0.29) is 6.10 Å². The number of hydrogen-bond donors (Lipinski definition) is 1. The van der Waals surface area contributed by atoms with Gasteiger partial charge in [0.1, 0.15) is 6.10 Å². The quantitative estimate of drug-likeness (QED) is 0.653. The molecule has 4 atom stereocenters. The van der Waals surface area contributed by atoms with E-state index in [1.165, 1.54) is 0 Å². The van der Waals surface area contributed by atoms with Crippen LogP contribution in [0.25, 0.3) is 11.6 Å². The van der Waals surface area contributed by atoms with Crippen LogP contribution in [0.5, 0.6) is 11.5 Å². The van der Waals surface area contributed by atoms with Gasteiger partial charge in [-0.15, -0.1) is 0 Å². The third-order valence-electron chi connectivity index (χ3n) is 6.36. The highest BCUT2D eigenvalue weighted by molar-refractivity contribution is 5.45. The standard InChI is InChI=1S/C24H27N3O4/c1-29-20-5-2-3-6-21(20)31-23-10-18-15-27(14-17(18)9-19(23)28)13-16-11-25-24(26-12-16)22-7-4-8-30-22/h2-8,11-12,17-19,23,28H,9-10,13-15H2,1H3/t17-,18+,19+,23+/m0/s1. The number of methoxy groups -OCH3 is 1. The number of rotatable bonds is 6. The molecule has 2 aromatic heterocycles. The van der Waals surface area contributed by atoms with Gasteiger partial charge in [-0.25, -0.2) is 9.97 Å². The summed E-state index contributed by atoms with van der Waals surface area (Å²) in [5, 5.41) is 10.7. The fourth-order valence-corrected chi connectivity index (χ4v) is 4.85. The molecular formula is C24H27N3O4. The summed E-state index contributed by atoms with van der Waals surface area (Å²) < 4.78 is 16.9. The van der Waals surface area contributed by atoms with Crippen LogP contribution in [-0.4, -0.2) is 52.4 Å². The lowest BCUT2D eigenvalue weighted by Crippen LogP contribution is -2.42. The fourth-order valence-electron chi connectivity index (χ4n) is 4.85. The number of hydrogen-bond acceptors (Lipinski definition) is 7. The Morgan fingerprint density at radius 2 is 1.77 bits per heavy atom. The Kier molecular flexibility index (Phi) is 5.61. The van der Waals surface area contributed by atoms with Crippen molar-refractivity contribution >= 4 is 0 Å². The summed E-state index contributed by atoms with van der Waals surface area (Å²) in [5.41, 5.74) is 1.08. The van der Waals surface area contributed by atoms with E-state index in [0.29, 0.717) is 34.9 Å². The predicted octanol–water partition coefficient (Wildman–Crippen LogP) is 3.40. The van der Waals surface area contributed by atoms with Gasteiger partial charge in [-0.2, -0.15) is 0 Å². The monoisotopic (exact) mass is 421 g/mol. The summed E-state index contributed by atoms with van der Waals surface area (Å²) in [6.07, 6.45) is 6.28. The Morgan fingerprint density at radius 3 is 2.48 bits per heavy atom. The van der Waals surface area contributed by atoms with Crippen LogP contribution in [0.3, 0.4) is 0 Å². The van der Waals surface area contributed by atoms with Gasteiger partial charge < -0.3 is 19.0 Å². The first-order valence-corrected chi connectivity index (χ1v) is 10.7. The normalized spacial score (nSPS) is 25.9. The molecule has 162 valence electrons. The third-order valence-corrected chi connectivity index (χ3v) is 6.36. The lowest BCUT2D eigenvalue weighted by Gasteiger charge is -2.35. The SMILES string of the molecule is COc1ccccc1O[C@@H]1C[C@@H]2CN(Cc3cnc(-c4ccco4)nc3)C[C@@H]2C[C@H]1O. The molecule has 31 heavy (non-hydrogen) atoms. The molecule has 7 heteroatoms. The molecule has 1 aliphatic carbocycles. The molecule has 2 aliphatic rings. The van der Waals surface area contributed by atoms with Crippen LogP contribution in [0.1, 0.15) is 18.4 Å². The maximum absolute atomic E-state index is 10.7. The third kappa shape index (κ3) is 4.29. The predicted molar refractivity (Wildman–Crippen MR) is 115 cm³/mol. The van der Waals surface area contributed by atoms with Crippen LogP contribution in [0.2, 0.25) is 0 Å².